The number of ether oxygens (including phenoxy) is 1. The van der Waals surface area contributed by atoms with Crippen LogP contribution in [-0.2, 0) is 4.74 Å². The summed E-state index contributed by atoms with van der Waals surface area (Å²) < 4.78 is 20.2. The molecule has 1 unspecified atom stereocenters. The highest BCUT2D eigenvalue weighted by Crippen LogP contribution is 2.36. The van der Waals surface area contributed by atoms with Gasteiger partial charge in [0, 0.05) is 17.0 Å². The first-order chi connectivity index (χ1) is 13.2. The number of rotatable bonds is 5. The van der Waals surface area contributed by atoms with E-state index < -0.39 is 0 Å². The minimum absolute atomic E-state index is 0.175. The molecule has 1 heterocycles. The number of nitrogens with zero attached hydrogens (tertiary/aromatic N) is 2. The third-order valence-electron chi connectivity index (χ3n) is 4.81. The topological polar surface area (TPSA) is 51.0 Å². The molecule has 0 fully saturated rings. The molecule has 0 saturated carbocycles. The molecular weight excluding hydrogens is 343 g/mol. The van der Waals surface area contributed by atoms with E-state index in [0.29, 0.717) is 41.4 Å². The van der Waals surface area contributed by atoms with E-state index in [0.717, 1.165) is 5.56 Å². The van der Waals surface area contributed by atoms with Gasteiger partial charge in [0.25, 0.3) is 0 Å². The van der Waals surface area contributed by atoms with Gasteiger partial charge in [-0.25, -0.2) is 14.4 Å². The maximum atomic E-state index is 14.3. The van der Waals surface area contributed by atoms with E-state index >= 15 is 0 Å². The molecular formula is C22H19FN2O2. The third-order valence-corrected chi connectivity index (χ3v) is 4.81. The van der Waals surface area contributed by atoms with Crippen LogP contribution in [-0.4, -0.2) is 23.9 Å². The van der Waals surface area contributed by atoms with Gasteiger partial charge < -0.3 is 4.74 Å². The van der Waals surface area contributed by atoms with E-state index in [-0.39, 0.29) is 23.2 Å². The fourth-order valence-corrected chi connectivity index (χ4v) is 3.56. The Kier molecular flexibility index (Phi) is 4.44. The number of carbonyl (C=O) groups is 1. The van der Waals surface area contributed by atoms with Gasteiger partial charge in [-0.1, -0.05) is 49.4 Å². The van der Waals surface area contributed by atoms with Gasteiger partial charge in [0.15, 0.2) is 5.76 Å². The van der Waals surface area contributed by atoms with E-state index in [2.05, 4.69) is 9.98 Å². The van der Waals surface area contributed by atoms with E-state index in [9.17, 15) is 9.18 Å². The predicted molar refractivity (Wildman–Crippen MR) is 104 cm³/mol. The summed E-state index contributed by atoms with van der Waals surface area (Å²) >= 11 is 0. The van der Waals surface area contributed by atoms with Crippen molar-refractivity contribution in [3.05, 3.63) is 76.7 Å². The molecule has 1 aliphatic carbocycles. The molecule has 1 aliphatic heterocycles. The van der Waals surface area contributed by atoms with Crippen molar-refractivity contribution in [2.24, 2.45) is 9.98 Å². The van der Waals surface area contributed by atoms with Crippen molar-refractivity contribution in [1.29, 1.82) is 0 Å². The highest BCUT2D eigenvalue weighted by molar-refractivity contribution is 6.56. The van der Waals surface area contributed by atoms with E-state index in [1.54, 1.807) is 24.3 Å². The second-order valence-corrected chi connectivity index (χ2v) is 6.40. The second kappa shape index (κ2) is 6.91. The largest absolute Gasteiger partial charge is 0.491 e. The number of ketones is 1. The van der Waals surface area contributed by atoms with Crippen molar-refractivity contribution in [1.82, 2.24) is 0 Å². The Balaban J connectivity index is 1.86. The Bertz CT molecular complexity index is 1020. The highest BCUT2D eigenvalue weighted by atomic mass is 19.1. The number of amidine groups is 1. The van der Waals surface area contributed by atoms with Crippen LogP contribution in [0.5, 0.6) is 0 Å². The quantitative estimate of drug-likeness (QED) is 0.769. The van der Waals surface area contributed by atoms with Gasteiger partial charge in [0.2, 0.25) is 5.78 Å². The molecule has 0 aromatic heterocycles. The lowest BCUT2D eigenvalue weighted by atomic mass is 9.91. The molecule has 136 valence electrons. The summed E-state index contributed by atoms with van der Waals surface area (Å²) in [6.07, 6.45) is 0.620. The zero-order valence-electron chi connectivity index (χ0n) is 15.2. The molecule has 0 saturated heterocycles. The van der Waals surface area contributed by atoms with Gasteiger partial charge >= 0.3 is 0 Å². The van der Waals surface area contributed by atoms with E-state index in [1.807, 2.05) is 32.0 Å². The zero-order chi connectivity index (χ0) is 19.0. The van der Waals surface area contributed by atoms with Crippen LogP contribution < -0.4 is 0 Å². The Morgan fingerprint density at radius 3 is 2.41 bits per heavy atom. The molecule has 1 atom stereocenters. The first kappa shape index (κ1) is 17.3. The summed E-state index contributed by atoms with van der Waals surface area (Å²) in [7, 11) is 0. The van der Waals surface area contributed by atoms with Crippen LogP contribution in [0.25, 0.3) is 5.76 Å². The third kappa shape index (κ3) is 2.79. The van der Waals surface area contributed by atoms with Gasteiger partial charge in [-0.05, 0) is 25.0 Å². The van der Waals surface area contributed by atoms with Gasteiger partial charge in [-0.2, -0.15) is 0 Å². The summed E-state index contributed by atoms with van der Waals surface area (Å²) in [5, 5.41) is 0. The summed E-state index contributed by atoms with van der Waals surface area (Å²) in [5.74, 6) is 0.216. The van der Waals surface area contributed by atoms with Gasteiger partial charge in [-0.3, -0.25) is 4.79 Å². The van der Waals surface area contributed by atoms with Crippen molar-refractivity contribution < 1.29 is 13.9 Å². The first-order valence-electron chi connectivity index (χ1n) is 9.08. The summed E-state index contributed by atoms with van der Waals surface area (Å²) in [4.78, 5) is 22.1. The fraction of sp³-hybridized carbons (Fsp3) is 0.227. The lowest BCUT2D eigenvalue weighted by Crippen LogP contribution is -2.22. The summed E-state index contributed by atoms with van der Waals surface area (Å²) in [5.41, 5.74) is 2.54. The van der Waals surface area contributed by atoms with Crippen LogP contribution in [0.3, 0.4) is 0 Å². The van der Waals surface area contributed by atoms with Crippen LogP contribution >= 0.6 is 0 Å². The molecule has 0 spiro atoms. The number of aliphatic imine (C=N–C) groups is 2. The number of benzene rings is 2. The molecule has 27 heavy (non-hydrogen) atoms. The smallest absolute Gasteiger partial charge is 0.214 e. The SMILES string of the molecule is CCOC1=C2N=C(C(CC)c3ccccc3F)N=C2C(=O)c2ccccc21. The molecule has 4 nitrogen and oxygen atoms in total. The number of halogens is 1. The lowest BCUT2D eigenvalue weighted by Gasteiger charge is -2.19. The molecule has 2 aliphatic rings. The molecule has 0 bridgehead atoms. The maximum Gasteiger partial charge on any atom is 0.214 e. The molecule has 4 rings (SSSR count). The zero-order valence-corrected chi connectivity index (χ0v) is 15.2. The Morgan fingerprint density at radius 2 is 1.70 bits per heavy atom. The van der Waals surface area contributed by atoms with Crippen molar-refractivity contribution in [2.75, 3.05) is 6.61 Å². The average molecular weight is 362 g/mol. The molecule has 0 radical (unpaired) electrons. The maximum absolute atomic E-state index is 14.3. The minimum Gasteiger partial charge on any atom is -0.491 e. The first-order valence-corrected chi connectivity index (χ1v) is 9.08. The van der Waals surface area contributed by atoms with E-state index in [1.165, 1.54) is 6.07 Å². The summed E-state index contributed by atoms with van der Waals surface area (Å²) in [6, 6.07) is 13.9. The van der Waals surface area contributed by atoms with Crippen LogP contribution in [0, 0.1) is 5.82 Å². The minimum atomic E-state index is -0.324. The Labute approximate surface area is 157 Å². The van der Waals surface area contributed by atoms with Crippen LogP contribution in [0.15, 0.2) is 64.2 Å². The number of fused-ring (bicyclic) bond motifs is 2. The van der Waals surface area contributed by atoms with Crippen molar-refractivity contribution in [3.63, 3.8) is 0 Å². The molecule has 2 aromatic rings. The average Bonchev–Trinajstić information content (AvgIpc) is 3.12. The highest BCUT2D eigenvalue weighted by Gasteiger charge is 2.37. The molecule has 0 amide bonds. The van der Waals surface area contributed by atoms with Crippen LogP contribution in [0.1, 0.15) is 47.7 Å². The number of hydrogen-bond acceptors (Lipinski definition) is 4. The normalized spacial score (nSPS) is 16.5. The number of allylic oxidation sites excluding steroid dienone is 1. The monoisotopic (exact) mass is 362 g/mol. The standard InChI is InChI=1S/C22H19FN2O2/c1-3-13(14-9-7-8-12-17(14)23)22-24-18-19(25-22)21(27-4-2)16-11-6-5-10-15(16)20(18)26/h5-13H,3-4H2,1-2H3. The lowest BCUT2D eigenvalue weighted by molar-refractivity contribution is 0.106. The van der Waals surface area contributed by atoms with Gasteiger partial charge in [-0.15, -0.1) is 0 Å². The van der Waals surface area contributed by atoms with Crippen LogP contribution in [0.2, 0.25) is 0 Å². The number of carbonyl (C=O) groups excluding carboxylic acids is 1. The second-order valence-electron chi connectivity index (χ2n) is 6.40. The van der Waals surface area contributed by atoms with Gasteiger partial charge in [0.1, 0.15) is 23.1 Å². The van der Waals surface area contributed by atoms with Crippen LogP contribution in [0.4, 0.5) is 4.39 Å². The van der Waals surface area contributed by atoms with Crippen molar-refractivity contribution in [3.8, 4) is 0 Å². The Hall–Kier alpha value is -3.08. The molecule has 0 N–H and O–H groups in total. The van der Waals surface area contributed by atoms with Gasteiger partial charge in [0.05, 0.1) is 6.61 Å². The van der Waals surface area contributed by atoms with Crippen molar-refractivity contribution >= 4 is 23.1 Å². The fourth-order valence-electron chi connectivity index (χ4n) is 3.56. The summed E-state index contributed by atoms with van der Waals surface area (Å²) in [6.45, 7) is 4.29. The molecule has 5 heteroatoms. The predicted octanol–water partition coefficient (Wildman–Crippen LogP) is 4.77. The van der Waals surface area contributed by atoms with Crippen molar-refractivity contribution in [2.45, 2.75) is 26.2 Å². The Morgan fingerprint density at radius 1 is 1.00 bits per heavy atom. The molecule has 2 aromatic carbocycles. The number of hydrogen-bond donors (Lipinski definition) is 0. The van der Waals surface area contributed by atoms with E-state index in [4.69, 9.17) is 4.74 Å². The number of Topliss-reactive ketones (excluding diaryl/α,β-unsaturated/α-hetero) is 1.